The summed E-state index contributed by atoms with van der Waals surface area (Å²) in [5.41, 5.74) is 4.07. The van der Waals surface area contributed by atoms with Crippen molar-refractivity contribution in [1.29, 1.82) is 0 Å². The van der Waals surface area contributed by atoms with Crippen molar-refractivity contribution in [1.82, 2.24) is 5.32 Å². The maximum atomic E-state index is 5.40. The van der Waals surface area contributed by atoms with E-state index in [0.717, 1.165) is 30.2 Å². The zero-order valence-corrected chi connectivity index (χ0v) is 14.0. The highest BCUT2D eigenvalue weighted by Crippen LogP contribution is 2.23. The largest absolute Gasteiger partial charge is 0.468 e. The Balaban J connectivity index is 1.99. The molecule has 3 heteroatoms. The van der Waals surface area contributed by atoms with Gasteiger partial charge in [-0.15, -0.1) is 0 Å². The molecule has 0 aliphatic heterocycles. The van der Waals surface area contributed by atoms with Crippen LogP contribution in [0.4, 0.5) is 0 Å². The smallest absolute Gasteiger partial charge is 0.113 e. The normalized spacial score (nSPS) is 12.5. The van der Waals surface area contributed by atoms with E-state index in [0.29, 0.717) is 6.04 Å². The molecule has 1 atom stereocenters. The van der Waals surface area contributed by atoms with Crippen LogP contribution in [0.5, 0.6) is 0 Å². The van der Waals surface area contributed by atoms with E-state index in [-0.39, 0.29) is 0 Å². The van der Waals surface area contributed by atoms with Crippen molar-refractivity contribution in [2.24, 2.45) is 0 Å². The summed E-state index contributed by atoms with van der Waals surface area (Å²) in [7, 11) is 0. The van der Waals surface area contributed by atoms with Crippen molar-refractivity contribution in [3.63, 3.8) is 0 Å². The first-order valence-electron chi connectivity index (χ1n) is 7.60. The highest BCUT2D eigenvalue weighted by molar-refractivity contribution is 7.98. The lowest BCUT2D eigenvalue weighted by atomic mass is 10.0. The third kappa shape index (κ3) is 5.25. The molecule has 0 radical (unpaired) electrons. The summed E-state index contributed by atoms with van der Waals surface area (Å²) in [5, 5.41) is 3.67. The van der Waals surface area contributed by atoms with E-state index in [4.69, 9.17) is 4.42 Å². The first-order valence-corrected chi connectivity index (χ1v) is 8.76. The van der Waals surface area contributed by atoms with Crippen LogP contribution >= 0.6 is 11.8 Å². The molecular weight excluding hydrogens is 278 g/mol. The van der Waals surface area contributed by atoms with E-state index in [2.05, 4.69) is 44.3 Å². The zero-order chi connectivity index (χ0) is 15.1. The topological polar surface area (TPSA) is 25.2 Å². The second kappa shape index (κ2) is 8.30. The van der Waals surface area contributed by atoms with Crippen LogP contribution in [0.15, 0.2) is 41.0 Å². The van der Waals surface area contributed by atoms with E-state index in [1.54, 1.807) is 6.26 Å². The lowest BCUT2D eigenvalue weighted by Gasteiger charge is -2.19. The van der Waals surface area contributed by atoms with Gasteiger partial charge in [-0.3, -0.25) is 0 Å². The van der Waals surface area contributed by atoms with E-state index in [9.17, 15) is 0 Å². The minimum absolute atomic E-state index is 0.406. The van der Waals surface area contributed by atoms with Gasteiger partial charge in [-0.2, -0.15) is 11.8 Å². The summed E-state index contributed by atoms with van der Waals surface area (Å²) in [6.45, 7) is 7.60. The minimum atomic E-state index is 0.406. The van der Waals surface area contributed by atoms with Gasteiger partial charge in [0.2, 0.25) is 0 Å². The van der Waals surface area contributed by atoms with Crippen molar-refractivity contribution in [3.05, 3.63) is 59.0 Å². The molecule has 114 valence electrons. The molecule has 21 heavy (non-hydrogen) atoms. The third-order valence-corrected chi connectivity index (χ3v) is 4.45. The fourth-order valence-corrected chi connectivity index (χ4v) is 3.50. The van der Waals surface area contributed by atoms with Gasteiger partial charge in [-0.1, -0.05) is 36.2 Å². The van der Waals surface area contributed by atoms with Crippen LogP contribution in [0.1, 0.15) is 41.8 Å². The monoisotopic (exact) mass is 303 g/mol. The van der Waals surface area contributed by atoms with E-state index >= 15 is 0 Å². The average molecular weight is 303 g/mol. The maximum Gasteiger partial charge on any atom is 0.113 e. The minimum Gasteiger partial charge on any atom is -0.468 e. The molecule has 1 heterocycles. The molecule has 0 spiro atoms. The quantitative estimate of drug-likeness (QED) is 0.753. The van der Waals surface area contributed by atoms with Crippen LogP contribution in [-0.2, 0) is 5.75 Å². The van der Waals surface area contributed by atoms with Gasteiger partial charge in [-0.05, 0) is 44.5 Å². The van der Waals surface area contributed by atoms with E-state index in [1.165, 1.54) is 16.7 Å². The lowest BCUT2D eigenvalue weighted by Crippen LogP contribution is -2.24. The number of rotatable bonds is 8. The predicted octanol–water partition coefficient (Wildman–Crippen LogP) is 4.87. The van der Waals surface area contributed by atoms with Crippen LogP contribution in [0.25, 0.3) is 0 Å². The van der Waals surface area contributed by atoms with Crippen LogP contribution in [0.2, 0.25) is 0 Å². The number of aryl methyl sites for hydroxylation is 2. The Morgan fingerprint density at radius 3 is 2.57 bits per heavy atom. The van der Waals surface area contributed by atoms with Crippen LogP contribution in [-0.4, -0.2) is 12.3 Å². The van der Waals surface area contributed by atoms with Crippen molar-refractivity contribution in [3.8, 4) is 0 Å². The number of nitrogens with one attached hydrogen (secondary N) is 1. The summed E-state index contributed by atoms with van der Waals surface area (Å²) in [6, 6.07) is 11.2. The Hall–Kier alpha value is -1.19. The summed E-state index contributed by atoms with van der Waals surface area (Å²) >= 11 is 1.92. The highest BCUT2D eigenvalue weighted by atomic mass is 32.2. The molecule has 1 aromatic carbocycles. The number of furan rings is 1. The van der Waals surface area contributed by atoms with Gasteiger partial charge in [0.1, 0.15) is 5.76 Å². The molecule has 0 amide bonds. The van der Waals surface area contributed by atoms with Crippen LogP contribution < -0.4 is 5.32 Å². The molecule has 1 aromatic heterocycles. The van der Waals surface area contributed by atoms with Gasteiger partial charge in [-0.25, -0.2) is 0 Å². The predicted molar refractivity (Wildman–Crippen MR) is 91.8 cm³/mol. The van der Waals surface area contributed by atoms with Crippen molar-refractivity contribution in [2.75, 3.05) is 12.3 Å². The highest BCUT2D eigenvalue weighted by Gasteiger charge is 2.12. The van der Waals surface area contributed by atoms with Gasteiger partial charge in [0.05, 0.1) is 12.0 Å². The Morgan fingerprint density at radius 1 is 1.19 bits per heavy atom. The molecule has 2 rings (SSSR count). The summed E-state index contributed by atoms with van der Waals surface area (Å²) in [5.74, 6) is 3.04. The SMILES string of the molecule is CCCNC(CSCc1ccco1)c1cc(C)cc(C)c1. The van der Waals surface area contributed by atoms with E-state index in [1.807, 2.05) is 23.9 Å². The van der Waals surface area contributed by atoms with Gasteiger partial charge in [0, 0.05) is 11.8 Å². The molecule has 0 aliphatic rings. The number of benzene rings is 1. The average Bonchev–Trinajstić information content (AvgIpc) is 2.94. The first kappa shape index (κ1) is 16.2. The molecule has 0 bridgehead atoms. The molecule has 1 N–H and O–H groups in total. The number of hydrogen-bond acceptors (Lipinski definition) is 3. The van der Waals surface area contributed by atoms with Gasteiger partial charge < -0.3 is 9.73 Å². The molecule has 0 aliphatic carbocycles. The molecule has 0 fully saturated rings. The zero-order valence-electron chi connectivity index (χ0n) is 13.2. The molecular formula is C18H25NOS. The Morgan fingerprint density at radius 2 is 1.95 bits per heavy atom. The lowest BCUT2D eigenvalue weighted by molar-refractivity contribution is 0.529. The van der Waals surface area contributed by atoms with Gasteiger partial charge in [0.15, 0.2) is 0 Å². The summed E-state index contributed by atoms with van der Waals surface area (Å²) in [4.78, 5) is 0. The fourth-order valence-electron chi connectivity index (χ4n) is 2.47. The summed E-state index contributed by atoms with van der Waals surface area (Å²) < 4.78 is 5.40. The van der Waals surface area contributed by atoms with Crippen molar-refractivity contribution >= 4 is 11.8 Å². The maximum absolute atomic E-state index is 5.40. The number of thioether (sulfide) groups is 1. The van der Waals surface area contributed by atoms with E-state index < -0.39 is 0 Å². The van der Waals surface area contributed by atoms with Crippen LogP contribution in [0.3, 0.4) is 0 Å². The van der Waals surface area contributed by atoms with Crippen LogP contribution in [0, 0.1) is 13.8 Å². The van der Waals surface area contributed by atoms with Gasteiger partial charge >= 0.3 is 0 Å². The standard InChI is InChI=1S/C18H25NOS/c1-4-7-19-18(13-21-12-17-6-5-8-20-17)16-10-14(2)9-15(3)11-16/h5-6,8-11,18-19H,4,7,12-13H2,1-3H3. The Labute approximate surface area is 132 Å². The van der Waals surface area contributed by atoms with Crippen molar-refractivity contribution in [2.45, 2.75) is 39.0 Å². The Bertz CT molecular complexity index is 516. The molecule has 1 unspecified atom stereocenters. The fraction of sp³-hybridized carbons (Fsp3) is 0.444. The third-order valence-electron chi connectivity index (χ3n) is 3.40. The Kier molecular flexibility index (Phi) is 6.40. The summed E-state index contributed by atoms with van der Waals surface area (Å²) in [6.07, 6.45) is 2.90. The second-order valence-corrected chi connectivity index (χ2v) is 6.55. The second-order valence-electron chi connectivity index (χ2n) is 5.52. The first-order chi connectivity index (χ1) is 10.2. The van der Waals surface area contributed by atoms with Crippen molar-refractivity contribution < 1.29 is 4.42 Å². The molecule has 2 nitrogen and oxygen atoms in total. The van der Waals surface area contributed by atoms with Gasteiger partial charge in [0.25, 0.3) is 0 Å². The molecule has 0 saturated carbocycles. The number of hydrogen-bond donors (Lipinski definition) is 1. The molecule has 0 saturated heterocycles. The molecule has 2 aromatic rings.